The van der Waals surface area contributed by atoms with Gasteiger partial charge in [0.2, 0.25) is 5.95 Å². The molecule has 0 aliphatic heterocycles. The second kappa shape index (κ2) is 5.08. The summed E-state index contributed by atoms with van der Waals surface area (Å²) in [6.07, 6.45) is 3.67. The van der Waals surface area contributed by atoms with Crippen LogP contribution in [0, 0.1) is 11.6 Å². The van der Waals surface area contributed by atoms with Gasteiger partial charge < -0.3 is 10.4 Å². The molecule has 2 N–H and O–H groups in total. The quantitative estimate of drug-likeness (QED) is 0.905. The van der Waals surface area contributed by atoms with E-state index < -0.39 is 23.2 Å². The van der Waals surface area contributed by atoms with Crippen LogP contribution in [0.5, 0.6) is 0 Å². The van der Waals surface area contributed by atoms with Gasteiger partial charge in [0, 0.05) is 17.8 Å². The van der Waals surface area contributed by atoms with E-state index in [0.29, 0.717) is 5.92 Å². The molecule has 0 saturated heterocycles. The number of carboxylic acids is 1. The summed E-state index contributed by atoms with van der Waals surface area (Å²) in [7, 11) is 0. The van der Waals surface area contributed by atoms with Crippen LogP contribution in [0.25, 0.3) is 0 Å². The van der Waals surface area contributed by atoms with E-state index in [9.17, 15) is 13.6 Å². The fourth-order valence-electron chi connectivity index (χ4n) is 1.97. The minimum absolute atomic E-state index is 0.153. The standard InChI is InChI=1S/C14H11F2N3O2/c15-11-8(13(20)21)3-4-10(12(11)16)19-14-17-6-5-9(18-14)7-1-2-7/h3-7H,1-2H2,(H,20,21)(H,17,18,19). The Kier molecular flexibility index (Phi) is 3.25. The summed E-state index contributed by atoms with van der Waals surface area (Å²) in [5.41, 5.74) is -0.0633. The average molecular weight is 291 g/mol. The summed E-state index contributed by atoms with van der Waals surface area (Å²) >= 11 is 0. The molecule has 1 saturated carbocycles. The minimum Gasteiger partial charge on any atom is -0.478 e. The molecule has 0 unspecified atom stereocenters. The molecule has 1 fully saturated rings. The summed E-state index contributed by atoms with van der Waals surface area (Å²) in [6, 6.07) is 3.93. The number of carbonyl (C=O) groups is 1. The van der Waals surface area contributed by atoms with Crippen LogP contribution in [0.1, 0.15) is 34.8 Å². The Labute approximate surface area is 118 Å². The number of aromatic carboxylic acids is 1. The van der Waals surface area contributed by atoms with Crippen LogP contribution < -0.4 is 5.32 Å². The molecule has 0 bridgehead atoms. The zero-order chi connectivity index (χ0) is 15.0. The van der Waals surface area contributed by atoms with Crippen molar-refractivity contribution in [2.24, 2.45) is 0 Å². The Morgan fingerprint density at radius 3 is 2.67 bits per heavy atom. The molecule has 5 nitrogen and oxygen atoms in total. The second-order valence-electron chi connectivity index (χ2n) is 4.80. The molecule has 0 radical (unpaired) electrons. The summed E-state index contributed by atoms with van der Waals surface area (Å²) < 4.78 is 27.4. The first-order chi connectivity index (χ1) is 10.1. The van der Waals surface area contributed by atoms with Gasteiger partial charge in [0.1, 0.15) is 0 Å². The van der Waals surface area contributed by atoms with E-state index in [-0.39, 0.29) is 11.6 Å². The molecule has 7 heteroatoms. The first-order valence-electron chi connectivity index (χ1n) is 6.37. The summed E-state index contributed by atoms with van der Waals surface area (Å²) in [4.78, 5) is 18.9. The van der Waals surface area contributed by atoms with Crippen molar-refractivity contribution in [1.29, 1.82) is 0 Å². The number of benzene rings is 1. The highest BCUT2D eigenvalue weighted by atomic mass is 19.2. The maximum Gasteiger partial charge on any atom is 0.338 e. The predicted octanol–water partition coefficient (Wildman–Crippen LogP) is 3.07. The van der Waals surface area contributed by atoms with Gasteiger partial charge in [-0.25, -0.2) is 23.5 Å². The number of nitrogens with zero attached hydrogens (tertiary/aromatic N) is 2. The van der Waals surface area contributed by atoms with Crippen molar-refractivity contribution in [3.05, 3.63) is 47.3 Å². The van der Waals surface area contributed by atoms with Crippen LogP contribution in [0.3, 0.4) is 0 Å². The monoisotopic (exact) mass is 291 g/mol. The van der Waals surface area contributed by atoms with E-state index in [4.69, 9.17) is 5.11 Å². The van der Waals surface area contributed by atoms with Crippen molar-refractivity contribution in [3.8, 4) is 0 Å². The molecule has 1 aliphatic carbocycles. The van der Waals surface area contributed by atoms with Gasteiger partial charge in [-0.3, -0.25) is 0 Å². The van der Waals surface area contributed by atoms with Crippen molar-refractivity contribution < 1.29 is 18.7 Å². The lowest BCUT2D eigenvalue weighted by molar-refractivity contribution is 0.0690. The molecule has 0 spiro atoms. The van der Waals surface area contributed by atoms with Gasteiger partial charge in [-0.15, -0.1) is 0 Å². The van der Waals surface area contributed by atoms with Crippen molar-refractivity contribution in [1.82, 2.24) is 9.97 Å². The molecule has 1 aromatic heterocycles. The smallest absolute Gasteiger partial charge is 0.338 e. The molecule has 1 aliphatic rings. The third kappa shape index (κ3) is 2.67. The SMILES string of the molecule is O=C(O)c1ccc(Nc2nccc(C3CC3)n2)c(F)c1F. The fraction of sp³-hybridized carbons (Fsp3) is 0.214. The normalized spacial score (nSPS) is 14.0. The van der Waals surface area contributed by atoms with E-state index in [1.54, 1.807) is 12.3 Å². The first-order valence-corrected chi connectivity index (χ1v) is 6.37. The van der Waals surface area contributed by atoms with Gasteiger partial charge in [0.25, 0.3) is 0 Å². The lowest BCUT2D eigenvalue weighted by atomic mass is 10.2. The summed E-state index contributed by atoms with van der Waals surface area (Å²) in [5.74, 6) is -3.64. The van der Waals surface area contributed by atoms with Crippen molar-refractivity contribution in [2.75, 3.05) is 5.32 Å². The average Bonchev–Trinajstić information content (AvgIpc) is 3.28. The third-order valence-corrected chi connectivity index (χ3v) is 3.23. The molecule has 3 rings (SSSR count). The second-order valence-corrected chi connectivity index (χ2v) is 4.80. The molecule has 0 amide bonds. The van der Waals surface area contributed by atoms with Crippen LogP contribution in [-0.2, 0) is 0 Å². The van der Waals surface area contributed by atoms with Crippen molar-refractivity contribution >= 4 is 17.6 Å². The van der Waals surface area contributed by atoms with Crippen molar-refractivity contribution in [2.45, 2.75) is 18.8 Å². The topological polar surface area (TPSA) is 75.1 Å². The predicted molar refractivity (Wildman–Crippen MR) is 70.6 cm³/mol. The van der Waals surface area contributed by atoms with E-state index in [1.807, 2.05) is 0 Å². The molecule has 108 valence electrons. The lowest BCUT2D eigenvalue weighted by Gasteiger charge is -2.08. The Morgan fingerprint density at radius 2 is 2.00 bits per heavy atom. The van der Waals surface area contributed by atoms with Crippen LogP contribution in [0.2, 0.25) is 0 Å². The number of hydrogen-bond acceptors (Lipinski definition) is 4. The number of carboxylic acid groups (broad SMARTS) is 1. The lowest BCUT2D eigenvalue weighted by Crippen LogP contribution is -2.06. The maximum atomic E-state index is 13.8. The molecule has 1 heterocycles. The molecular formula is C14H11F2N3O2. The minimum atomic E-state index is -1.52. The van der Waals surface area contributed by atoms with Gasteiger partial charge in [0.05, 0.1) is 11.3 Å². The van der Waals surface area contributed by atoms with Gasteiger partial charge in [0.15, 0.2) is 11.6 Å². The van der Waals surface area contributed by atoms with Crippen LogP contribution >= 0.6 is 0 Å². The molecule has 0 atom stereocenters. The maximum absolute atomic E-state index is 13.8. The summed E-state index contributed by atoms with van der Waals surface area (Å²) in [5, 5.41) is 11.3. The van der Waals surface area contributed by atoms with Gasteiger partial charge >= 0.3 is 5.97 Å². The molecule has 2 aromatic rings. The highest BCUT2D eigenvalue weighted by Gasteiger charge is 2.25. The number of hydrogen-bond donors (Lipinski definition) is 2. The van der Waals surface area contributed by atoms with E-state index in [0.717, 1.165) is 30.7 Å². The molecule has 1 aromatic carbocycles. The Bertz CT molecular complexity index is 717. The number of anilines is 2. The number of rotatable bonds is 4. The number of aromatic nitrogens is 2. The van der Waals surface area contributed by atoms with E-state index in [1.165, 1.54) is 0 Å². The Hall–Kier alpha value is -2.57. The third-order valence-electron chi connectivity index (χ3n) is 3.23. The zero-order valence-corrected chi connectivity index (χ0v) is 10.8. The van der Waals surface area contributed by atoms with E-state index in [2.05, 4.69) is 15.3 Å². The first kappa shape index (κ1) is 13.4. The fourth-order valence-corrected chi connectivity index (χ4v) is 1.97. The van der Waals surface area contributed by atoms with Gasteiger partial charge in [-0.2, -0.15) is 0 Å². The highest BCUT2D eigenvalue weighted by molar-refractivity contribution is 5.88. The molecule has 21 heavy (non-hydrogen) atoms. The van der Waals surface area contributed by atoms with Gasteiger partial charge in [-0.1, -0.05) is 0 Å². The van der Waals surface area contributed by atoms with Crippen LogP contribution in [0.4, 0.5) is 20.4 Å². The highest BCUT2D eigenvalue weighted by Crippen LogP contribution is 2.39. The van der Waals surface area contributed by atoms with Crippen LogP contribution in [0.15, 0.2) is 24.4 Å². The van der Waals surface area contributed by atoms with Crippen molar-refractivity contribution in [3.63, 3.8) is 0 Å². The Morgan fingerprint density at radius 1 is 1.24 bits per heavy atom. The number of nitrogens with one attached hydrogen (secondary N) is 1. The van der Waals surface area contributed by atoms with Gasteiger partial charge in [-0.05, 0) is 31.0 Å². The van der Waals surface area contributed by atoms with E-state index >= 15 is 0 Å². The Balaban J connectivity index is 1.89. The van der Waals surface area contributed by atoms with Crippen LogP contribution in [-0.4, -0.2) is 21.0 Å². The largest absolute Gasteiger partial charge is 0.478 e. The molecular weight excluding hydrogens is 280 g/mol. The number of halogens is 2. The zero-order valence-electron chi connectivity index (χ0n) is 10.8. The summed E-state index contributed by atoms with van der Waals surface area (Å²) in [6.45, 7) is 0.